The summed E-state index contributed by atoms with van der Waals surface area (Å²) in [6, 6.07) is 2.08. The molecule has 4 nitrogen and oxygen atoms in total. The van der Waals surface area contributed by atoms with Crippen molar-refractivity contribution in [2.75, 3.05) is 18.0 Å². The van der Waals surface area contributed by atoms with Gasteiger partial charge in [0.15, 0.2) is 0 Å². The molecule has 2 aromatic rings. The Hall–Kier alpha value is -1.71. The van der Waals surface area contributed by atoms with E-state index in [1.807, 2.05) is 13.8 Å². The Morgan fingerprint density at radius 3 is 2.80 bits per heavy atom. The highest BCUT2D eigenvalue weighted by Crippen LogP contribution is 2.31. The standard InChI is InChI=1S/C16H22N4/c1-4-5-6-8-20-9-7-13-15-14(10-11(2)17-13)18-12(3)19-16(15)20/h10H,4-9H2,1-3H3. The maximum Gasteiger partial charge on any atom is 0.142 e. The molecule has 0 N–H and O–H groups in total. The monoisotopic (exact) mass is 270 g/mol. The second kappa shape index (κ2) is 5.35. The van der Waals surface area contributed by atoms with Crippen LogP contribution in [0.5, 0.6) is 0 Å². The van der Waals surface area contributed by atoms with E-state index in [-0.39, 0.29) is 0 Å². The molecule has 0 aromatic carbocycles. The molecular formula is C16H22N4. The van der Waals surface area contributed by atoms with Crippen LogP contribution in [0.3, 0.4) is 0 Å². The van der Waals surface area contributed by atoms with Gasteiger partial charge in [-0.25, -0.2) is 9.97 Å². The summed E-state index contributed by atoms with van der Waals surface area (Å²) in [7, 11) is 0. The molecule has 0 spiro atoms. The molecule has 0 fully saturated rings. The summed E-state index contributed by atoms with van der Waals surface area (Å²) in [5.41, 5.74) is 3.27. The molecule has 3 heterocycles. The van der Waals surface area contributed by atoms with Gasteiger partial charge in [-0.2, -0.15) is 0 Å². The smallest absolute Gasteiger partial charge is 0.142 e. The van der Waals surface area contributed by atoms with E-state index in [1.54, 1.807) is 0 Å². The minimum absolute atomic E-state index is 0.853. The van der Waals surface area contributed by atoms with Crippen LogP contribution in [-0.2, 0) is 6.42 Å². The summed E-state index contributed by atoms with van der Waals surface area (Å²) >= 11 is 0. The molecule has 0 bridgehead atoms. The van der Waals surface area contributed by atoms with Gasteiger partial charge in [0.1, 0.15) is 11.6 Å². The predicted octanol–water partition coefficient (Wildman–Crippen LogP) is 3.19. The zero-order valence-corrected chi connectivity index (χ0v) is 12.6. The lowest BCUT2D eigenvalue weighted by Crippen LogP contribution is -2.32. The summed E-state index contributed by atoms with van der Waals surface area (Å²) < 4.78 is 0. The molecule has 106 valence electrons. The van der Waals surface area contributed by atoms with Crippen molar-refractivity contribution in [2.24, 2.45) is 0 Å². The topological polar surface area (TPSA) is 41.9 Å². The SMILES string of the molecule is CCCCCN1CCc2nc(C)cc3nc(C)nc1c23. The summed E-state index contributed by atoms with van der Waals surface area (Å²) in [4.78, 5) is 16.4. The zero-order valence-electron chi connectivity index (χ0n) is 12.6. The molecule has 2 aromatic heterocycles. The van der Waals surface area contributed by atoms with Crippen molar-refractivity contribution in [1.82, 2.24) is 15.0 Å². The zero-order chi connectivity index (χ0) is 14.1. The fourth-order valence-corrected chi connectivity index (χ4v) is 2.99. The van der Waals surface area contributed by atoms with Crippen LogP contribution in [0.2, 0.25) is 0 Å². The fraction of sp³-hybridized carbons (Fsp3) is 0.562. The highest BCUT2D eigenvalue weighted by Gasteiger charge is 2.22. The molecule has 1 aliphatic rings. The Kier molecular flexibility index (Phi) is 3.55. The molecule has 0 saturated heterocycles. The van der Waals surface area contributed by atoms with Gasteiger partial charge in [-0.15, -0.1) is 0 Å². The molecule has 0 radical (unpaired) electrons. The Labute approximate surface area is 120 Å². The van der Waals surface area contributed by atoms with E-state index in [4.69, 9.17) is 4.98 Å². The average molecular weight is 270 g/mol. The van der Waals surface area contributed by atoms with Crippen LogP contribution in [0.4, 0.5) is 5.82 Å². The van der Waals surface area contributed by atoms with Gasteiger partial charge in [-0.3, -0.25) is 4.98 Å². The van der Waals surface area contributed by atoms with Gasteiger partial charge < -0.3 is 4.90 Å². The molecule has 20 heavy (non-hydrogen) atoms. The summed E-state index contributed by atoms with van der Waals surface area (Å²) in [6.07, 6.45) is 4.77. The van der Waals surface area contributed by atoms with Gasteiger partial charge in [-0.1, -0.05) is 19.8 Å². The minimum Gasteiger partial charge on any atom is -0.356 e. The Balaban J connectivity index is 2.06. The first-order chi connectivity index (χ1) is 9.69. The average Bonchev–Trinajstić information content (AvgIpc) is 2.40. The number of unbranched alkanes of at least 4 members (excludes halogenated alkanes) is 2. The van der Waals surface area contributed by atoms with E-state index in [0.717, 1.165) is 42.4 Å². The van der Waals surface area contributed by atoms with Gasteiger partial charge in [0.2, 0.25) is 0 Å². The second-order valence-electron chi connectivity index (χ2n) is 5.64. The first kappa shape index (κ1) is 13.3. The van der Waals surface area contributed by atoms with Gasteiger partial charge in [0.25, 0.3) is 0 Å². The Morgan fingerprint density at radius 2 is 2.00 bits per heavy atom. The van der Waals surface area contributed by atoms with Crippen molar-refractivity contribution in [1.29, 1.82) is 0 Å². The molecule has 0 aliphatic carbocycles. The van der Waals surface area contributed by atoms with Crippen LogP contribution in [0.1, 0.15) is 43.4 Å². The minimum atomic E-state index is 0.853. The maximum absolute atomic E-state index is 4.70. The number of hydrogen-bond donors (Lipinski definition) is 0. The summed E-state index contributed by atoms with van der Waals surface area (Å²) in [6.45, 7) is 8.38. The van der Waals surface area contributed by atoms with E-state index >= 15 is 0 Å². The molecule has 0 saturated carbocycles. The van der Waals surface area contributed by atoms with Crippen LogP contribution < -0.4 is 4.90 Å². The van der Waals surface area contributed by atoms with E-state index in [0.29, 0.717) is 0 Å². The summed E-state index contributed by atoms with van der Waals surface area (Å²) in [5, 5.41) is 1.17. The third kappa shape index (κ3) is 2.35. The van der Waals surface area contributed by atoms with Crippen molar-refractivity contribution < 1.29 is 0 Å². The molecular weight excluding hydrogens is 248 g/mol. The van der Waals surface area contributed by atoms with Gasteiger partial charge in [0, 0.05) is 25.2 Å². The van der Waals surface area contributed by atoms with Crippen molar-refractivity contribution in [3.05, 3.63) is 23.3 Å². The third-order valence-electron chi connectivity index (χ3n) is 3.92. The van der Waals surface area contributed by atoms with Crippen molar-refractivity contribution >= 4 is 16.7 Å². The van der Waals surface area contributed by atoms with Crippen LogP contribution >= 0.6 is 0 Å². The van der Waals surface area contributed by atoms with Gasteiger partial charge in [-0.05, 0) is 26.3 Å². The second-order valence-corrected chi connectivity index (χ2v) is 5.64. The lowest BCUT2D eigenvalue weighted by molar-refractivity contribution is 0.659. The Morgan fingerprint density at radius 1 is 1.15 bits per heavy atom. The highest BCUT2D eigenvalue weighted by atomic mass is 15.2. The number of aromatic nitrogens is 3. The molecule has 4 heteroatoms. The van der Waals surface area contributed by atoms with E-state index in [1.165, 1.54) is 30.3 Å². The van der Waals surface area contributed by atoms with E-state index in [9.17, 15) is 0 Å². The highest BCUT2D eigenvalue weighted by molar-refractivity contribution is 5.93. The quantitative estimate of drug-likeness (QED) is 0.800. The predicted molar refractivity (Wildman–Crippen MR) is 82.2 cm³/mol. The lowest BCUT2D eigenvalue weighted by Gasteiger charge is -2.29. The van der Waals surface area contributed by atoms with Crippen molar-refractivity contribution in [2.45, 2.75) is 46.5 Å². The number of nitrogens with zero attached hydrogens (tertiary/aromatic N) is 4. The molecule has 3 rings (SSSR count). The number of rotatable bonds is 4. The third-order valence-corrected chi connectivity index (χ3v) is 3.92. The number of hydrogen-bond acceptors (Lipinski definition) is 4. The van der Waals surface area contributed by atoms with Crippen LogP contribution in [-0.4, -0.2) is 28.0 Å². The summed E-state index contributed by atoms with van der Waals surface area (Å²) in [5.74, 6) is 1.95. The number of aryl methyl sites for hydroxylation is 2. The number of pyridine rings is 1. The Bertz CT molecular complexity index is 631. The van der Waals surface area contributed by atoms with Crippen molar-refractivity contribution in [3.63, 3.8) is 0 Å². The van der Waals surface area contributed by atoms with Gasteiger partial charge in [0.05, 0.1) is 16.6 Å². The maximum atomic E-state index is 4.70. The van der Waals surface area contributed by atoms with Crippen LogP contribution in [0, 0.1) is 13.8 Å². The number of anilines is 1. The fourth-order valence-electron chi connectivity index (χ4n) is 2.99. The normalized spacial score (nSPS) is 14.1. The first-order valence-electron chi connectivity index (χ1n) is 7.59. The van der Waals surface area contributed by atoms with Gasteiger partial charge >= 0.3 is 0 Å². The molecule has 0 amide bonds. The molecule has 0 atom stereocenters. The molecule has 0 unspecified atom stereocenters. The van der Waals surface area contributed by atoms with E-state index in [2.05, 4.69) is 27.9 Å². The largest absolute Gasteiger partial charge is 0.356 e. The van der Waals surface area contributed by atoms with E-state index < -0.39 is 0 Å². The molecule has 1 aliphatic heterocycles. The lowest BCUT2D eigenvalue weighted by atomic mass is 10.1. The van der Waals surface area contributed by atoms with Crippen molar-refractivity contribution in [3.8, 4) is 0 Å². The van der Waals surface area contributed by atoms with Crippen LogP contribution in [0.25, 0.3) is 10.9 Å². The van der Waals surface area contributed by atoms with Crippen LogP contribution in [0.15, 0.2) is 6.07 Å². The first-order valence-corrected chi connectivity index (χ1v) is 7.59.